The van der Waals surface area contributed by atoms with Crippen molar-refractivity contribution in [3.63, 3.8) is 0 Å². The van der Waals surface area contributed by atoms with Crippen molar-refractivity contribution in [3.05, 3.63) is 23.8 Å². The van der Waals surface area contributed by atoms with E-state index in [0.29, 0.717) is 18.8 Å². The van der Waals surface area contributed by atoms with Gasteiger partial charge < -0.3 is 19.3 Å². The van der Waals surface area contributed by atoms with Gasteiger partial charge in [0.1, 0.15) is 0 Å². The molecule has 5 nitrogen and oxygen atoms in total. The molecule has 1 heterocycles. The van der Waals surface area contributed by atoms with Crippen LogP contribution in [0, 0.1) is 0 Å². The average Bonchev–Trinajstić information content (AvgIpc) is 3.08. The second-order valence-electron chi connectivity index (χ2n) is 7.14. The van der Waals surface area contributed by atoms with Crippen LogP contribution >= 0.6 is 12.4 Å². The molecule has 1 saturated carbocycles. The Morgan fingerprint density at radius 3 is 2.54 bits per heavy atom. The lowest BCUT2D eigenvalue weighted by Crippen LogP contribution is -2.46. The summed E-state index contributed by atoms with van der Waals surface area (Å²) < 4.78 is 16.9. The summed E-state index contributed by atoms with van der Waals surface area (Å²) in [7, 11) is 3.31. The van der Waals surface area contributed by atoms with Crippen molar-refractivity contribution >= 4 is 12.4 Å². The van der Waals surface area contributed by atoms with Crippen LogP contribution < -0.4 is 9.47 Å². The van der Waals surface area contributed by atoms with E-state index >= 15 is 0 Å². The zero-order valence-electron chi connectivity index (χ0n) is 15.9. The van der Waals surface area contributed by atoms with E-state index in [2.05, 4.69) is 11.0 Å². The first-order chi connectivity index (χ1) is 12.2. The van der Waals surface area contributed by atoms with E-state index < -0.39 is 0 Å². The molecular weight excluding hydrogens is 354 g/mol. The predicted octanol–water partition coefficient (Wildman–Crippen LogP) is 3.06. The number of methoxy groups -OCH3 is 2. The smallest absolute Gasteiger partial charge is 0.160 e. The molecule has 1 aromatic rings. The monoisotopic (exact) mass is 385 g/mol. The highest BCUT2D eigenvalue weighted by molar-refractivity contribution is 5.85. The molecule has 2 aliphatic rings. The number of β-amino-alcohol motifs (C(OH)–C–C–N with tert-alkyl or cyclic N) is 1. The maximum Gasteiger partial charge on any atom is 0.160 e. The fraction of sp³-hybridized carbons (Fsp3) is 0.700. The molecule has 1 saturated heterocycles. The van der Waals surface area contributed by atoms with Gasteiger partial charge in [0.25, 0.3) is 0 Å². The molecule has 1 aliphatic carbocycles. The lowest BCUT2D eigenvalue weighted by atomic mass is 9.91. The molecule has 6 heteroatoms. The Morgan fingerprint density at radius 2 is 1.85 bits per heavy atom. The van der Waals surface area contributed by atoms with Crippen LogP contribution in [0.4, 0.5) is 0 Å². The van der Waals surface area contributed by atoms with Gasteiger partial charge in [-0.15, -0.1) is 12.4 Å². The highest BCUT2D eigenvalue weighted by Gasteiger charge is 2.34. The fourth-order valence-electron chi connectivity index (χ4n) is 4.12. The first-order valence-electron chi connectivity index (χ1n) is 9.46. The maximum absolute atomic E-state index is 9.83. The Kier molecular flexibility index (Phi) is 8.48. The van der Waals surface area contributed by atoms with Crippen LogP contribution in [0.25, 0.3) is 0 Å². The normalized spacial score (nSPS) is 26.3. The summed E-state index contributed by atoms with van der Waals surface area (Å²) in [5, 5.41) is 9.83. The lowest BCUT2D eigenvalue weighted by Gasteiger charge is -2.37. The molecule has 2 fully saturated rings. The number of ether oxygens (including phenoxy) is 3. The van der Waals surface area contributed by atoms with E-state index in [1.165, 1.54) is 24.8 Å². The van der Waals surface area contributed by atoms with E-state index in [0.717, 1.165) is 43.9 Å². The molecule has 2 unspecified atom stereocenters. The largest absolute Gasteiger partial charge is 0.493 e. The number of halogens is 1. The summed E-state index contributed by atoms with van der Waals surface area (Å²) >= 11 is 0. The Labute approximate surface area is 163 Å². The first-order valence-corrected chi connectivity index (χ1v) is 9.46. The first kappa shape index (κ1) is 21.3. The van der Waals surface area contributed by atoms with Crippen molar-refractivity contribution in [2.75, 3.05) is 33.9 Å². The van der Waals surface area contributed by atoms with Gasteiger partial charge >= 0.3 is 0 Å². The number of hydrogen-bond acceptors (Lipinski definition) is 5. The van der Waals surface area contributed by atoms with Gasteiger partial charge in [0, 0.05) is 19.1 Å². The summed E-state index contributed by atoms with van der Waals surface area (Å²) in [6, 6.07) is 6.51. The van der Waals surface area contributed by atoms with Gasteiger partial charge in [-0.2, -0.15) is 0 Å². The summed E-state index contributed by atoms with van der Waals surface area (Å²) in [5.74, 6) is 1.52. The number of rotatable bonds is 7. The van der Waals surface area contributed by atoms with Gasteiger partial charge in [0.05, 0.1) is 33.0 Å². The van der Waals surface area contributed by atoms with Crippen LogP contribution in [-0.4, -0.2) is 62.2 Å². The Morgan fingerprint density at radius 1 is 1.08 bits per heavy atom. The van der Waals surface area contributed by atoms with Crippen LogP contribution in [-0.2, 0) is 11.2 Å². The highest BCUT2D eigenvalue weighted by Crippen LogP contribution is 2.30. The maximum atomic E-state index is 9.83. The highest BCUT2D eigenvalue weighted by atomic mass is 35.5. The third-order valence-electron chi connectivity index (χ3n) is 5.50. The minimum Gasteiger partial charge on any atom is -0.493 e. The van der Waals surface area contributed by atoms with Gasteiger partial charge in [0.2, 0.25) is 0 Å². The molecule has 3 atom stereocenters. The molecular formula is C20H32ClNO4. The van der Waals surface area contributed by atoms with E-state index in [1.807, 2.05) is 12.1 Å². The minimum absolute atomic E-state index is 0. The van der Waals surface area contributed by atoms with Crippen molar-refractivity contribution in [1.82, 2.24) is 4.90 Å². The third-order valence-corrected chi connectivity index (χ3v) is 5.50. The molecule has 1 N–H and O–H groups in total. The van der Waals surface area contributed by atoms with E-state index in [-0.39, 0.29) is 18.5 Å². The van der Waals surface area contributed by atoms with Crippen LogP contribution in [0.1, 0.15) is 37.7 Å². The van der Waals surface area contributed by atoms with Gasteiger partial charge in [-0.25, -0.2) is 0 Å². The van der Waals surface area contributed by atoms with Crippen molar-refractivity contribution in [2.45, 2.75) is 56.8 Å². The summed E-state index contributed by atoms with van der Waals surface area (Å²) in [5.41, 5.74) is 1.20. The molecule has 0 radical (unpaired) electrons. The lowest BCUT2D eigenvalue weighted by molar-refractivity contribution is -0.0316. The number of aliphatic hydroxyl groups excluding tert-OH is 1. The number of hydrogen-bond donors (Lipinski definition) is 1. The standard InChI is InChI=1S/C20H31NO4.ClH/c1-23-19-8-7-15(13-20(19)24-2)10-12-25-18-6-4-3-5-17(18)21-11-9-16(22)14-21;/h7-8,13,16-18,22H,3-6,9-12,14H2,1-2H3;1H/t16-,17?,18?;/m0./s1. The molecule has 0 amide bonds. The second kappa shape index (κ2) is 10.4. The third kappa shape index (κ3) is 5.26. The van der Waals surface area contributed by atoms with Crippen molar-refractivity contribution < 1.29 is 19.3 Å². The molecule has 0 spiro atoms. The van der Waals surface area contributed by atoms with Crippen LogP contribution in [0.3, 0.4) is 0 Å². The Bertz CT molecular complexity index is 557. The summed E-state index contributed by atoms with van der Waals surface area (Å²) in [6.07, 6.45) is 6.73. The summed E-state index contributed by atoms with van der Waals surface area (Å²) in [4.78, 5) is 2.44. The van der Waals surface area contributed by atoms with Crippen molar-refractivity contribution in [2.24, 2.45) is 0 Å². The van der Waals surface area contributed by atoms with Gasteiger partial charge in [-0.05, 0) is 43.4 Å². The molecule has 1 aliphatic heterocycles. The molecule has 0 bridgehead atoms. The van der Waals surface area contributed by atoms with Crippen molar-refractivity contribution in [3.8, 4) is 11.5 Å². The van der Waals surface area contributed by atoms with E-state index in [1.54, 1.807) is 14.2 Å². The number of likely N-dealkylation sites (tertiary alicyclic amines) is 1. The molecule has 26 heavy (non-hydrogen) atoms. The van der Waals surface area contributed by atoms with E-state index in [9.17, 15) is 5.11 Å². The van der Waals surface area contributed by atoms with Crippen molar-refractivity contribution in [1.29, 1.82) is 0 Å². The number of benzene rings is 1. The predicted molar refractivity (Wildman–Crippen MR) is 105 cm³/mol. The van der Waals surface area contributed by atoms with Crippen LogP contribution in [0.2, 0.25) is 0 Å². The summed E-state index contributed by atoms with van der Waals surface area (Å²) in [6.45, 7) is 2.52. The molecule has 148 valence electrons. The zero-order valence-corrected chi connectivity index (χ0v) is 16.7. The Balaban J connectivity index is 0.00000243. The van der Waals surface area contributed by atoms with Gasteiger partial charge in [0.15, 0.2) is 11.5 Å². The number of aliphatic hydroxyl groups is 1. The van der Waals surface area contributed by atoms with E-state index in [4.69, 9.17) is 14.2 Å². The zero-order chi connectivity index (χ0) is 17.6. The molecule has 0 aromatic heterocycles. The van der Waals surface area contributed by atoms with Gasteiger partial charge in [-0.3, -0.25) is 4.90 Å². The second-order valence-corrected chi connectivity index (χ2v) is 7.14. The quantitative estimate of drug-likeness (QED) is 0.781. The van der Waals surface area contributed by atoms with Crippen LogP contribution in [0.15, 0.2) is 18.2 Å². The SMILES string of the molecule is COc1ccc(CCOC2CCCCC2N2CC[C@H](O)C2)cc1OC.Cl. The fourth-order valence-corrected chi connectivity index (χ4v) is 4.12. The average molecular weight is 386 g/mol. The molecule has 3 rings (SSSR count). The Hall–Kier alpha value is -1.01. The number of nitrogens with zero attached hydrogens (tertiary/aromatic N) is 1. The topological polar surface area (TPSA) is 51.2 Å². The van der Waals surface area contributed by atoms with Gasteiger partial charge in [-0.1, -0.05) is 18.9 Å². The molecule has 1 aromatic carbocycles. The minimum atomic E-state index is -0.158. The van der Waals surface area contributed by atoms with Crippen LogP contribution in [0.5, 0.6) is 11.5 Å².